The van der Waals surface area contributed by atoms with E-state index < -0.39 is 0 Å². The van der Waals surface area contributed by atoms with E-state index in [0.29, 0.717) is 30.1 Å². The van der Waals surface area contributed by atoms with Gasteiger partial charge in [-0.25, -0.2) is 9.97 Å². The molecule has 2 aromatic rings. The monoisotopic (exact) mass is 289 g/mol. The summed E-state index contributed by atoms with van der Waals surface area (Å²) in [5, 5.41) is 3.31. The molecule has 1 atom stereocenters. The topological polar surface area (TPSA) is 54.9 Å². The first-order chi connectivity index (χ1) is 9.72. The Morgan fingerprint density at radius 1 is 1.30 bits per heavy atom. The molecular formula is C15H16ClN3O. The van der Waals surface area contributed by atoms with Gasteiger partial charge in [0.15, 0.2) is 6.29 Å². The van der Waals surface area contributed by atoms with Crippen LogP contribution < -0.4 is 5.32 Å². The van der Waals surface area contributed by atoms with E-state index in [1.807, 2.05) is 18.2 Å². The van der Waals surface area contributed by atoms with E-state index in [0.717, 1.165) is 6.42 Å². The lowest BCUT2D eigenvalue weighted by Gasteiger charge is -2.13. The molecule has 0 saturated heterocycles. The number of benzene rings is 1. The summed E-state index contributed by atoms with van der Waals surface area (Å²) < 4.78 is 0. The van der Waals surface area contributed by atoms with Crippen LogP contribution in [0.4, 0.5) is 5.82 Å². The van der Waals surface area contributed by atoms with Gasteiger partial charge in [-0.15, -0.1) is 0 Å². The lowest BCUT2D eigenvalue weighted by molar-refractivity contribution is 0.112. The molecule has 1 aromatic carbocycles. The molecule has 4 nitrogen and oxygen atoms in total. The Morgan fingerprint density at radius 2 is 2.05 bits per heavy atom. The lowest BCUT2D eigenvalue weighted by Crippen LogP contribution is -2.09. The van der Waals surface area contributed by atoms with E-state index in [4.69, 9.17) is 11.6 Å². The molecule has 1 N–H and O–H groups in total. The number of halogens is 1. The first-order valence-electron chi connectivity index (χ1n) is 6.47. The van der Waals surface area contributed by atoms with Crippen molar-refractivity contribution in [1.82, 2.24) is 9.97 Å². The molecule has 0 spiro atoms. The van der Waals surface area contributed by atoms with Gasteiger partial charge in [0.2, 0.25) is 0 Å². The maximum absolute atomic E-state index is 11.0. The second-order valence-corrected chi connectivity index (χ2v) is 4.93. The van der Waals surface area contributed by atoms with E-state index in [2.05, 4.69) is 34.3 Å². The fourth-order valence-electron chi connectivity index (χ4n) is 1.97. The van der Waals surface area contributed by atoms with Crippen molar-refractivity contribution in [2.75, 3.05) is 11.9 Å². The van der Waals surface area contributed by atoms with Crippen LogP contribution in [0.1, 0.15) is 35.2 Å². The molecule has 0 amide bonds. The van der Waals surface area contributed by atoms with Crippen LogP contribution in [0.5, 0.6) is 0 Å². The van der Waals surface area contributed by atoms with Crippen molar-refractivity contribution in [3.63, 3.8) is 0 Å². The number of carbonyl (C=O) groups is 1. The summed E-state index contributed by atoms with van der Waals surface area (Å²) in [6.45, 7) is 2.88. The van der Waals surface area contributed by atoms with Gasteiger partial charge in [-0.3, -0.25) is 4.79 Å². The highest BCUT2D eigenvalue weighted by Gasteiger charge is 2.09. The normalized spacial score (nSPS) is 11.9. The zero-order valence-corrected chi connectivity index (χ0v) is 12.0. The van der Waals surface area contributed by atoms with E-state index in [1.54, 1.807) is 0 Å². The Labute approximate surface area is 123 Å². The maximum atomic E-state index is 11.0. The van der Waals surface area contributed by atoms with Crippen molar-refractivity contribution in [3.05, 3.63) is 52.9 Å². The molecule has 20 heavy (non-hydrogen) atoms. The van der Waals surface area contributed by atoms with Gasteiger partial charge in [-0.2, -0.15) is 0 Å². The molecule has 104 valence electrons. The lowest BCUT2D eigenvalue weighted by atomic mass is 9.98. The van der Waals surface area contributed by atoms with Gasteiger partial charge in [0, 0.05) is 6.54 Å². The largest absolute Gasteiger partial charge is 0.369 e. The van der Waals surface area contributed by atoms with Crippen molar-refractivity contribution < 1.29 is 4.79 Å². The highest BCUT2D eigenvalue weighted by Crippen LogP contribution is 2.20. The average molecular weight is 290 g/mol. The minimum atomic E-state index is 0.175. The number of nitrogens with one attached hydrogen (secondary N) is 1. The zero-order chi connectivity index (χ0) is 14.4. The molecule has 1 heterocycles. The first-order valence-corrected chi connectivity index (χ1v) is 6.84. The number of aldehydes is 1. The van der Waals surface area contributed by atoms with Gasteiger partial charge in [0.25, 0.3) is 0 Å². The van der Waals surface area contributed by atoms with Crippen molar-refractivity contribution in [2.24, 2.45) is 0 Å². The van der Waals surface area contributed by atoms with Crippen molar-refractivity contribution in [3.8, 4) is 0 Å². The van der Waals surface area contributed by atoms with Crippen molar-refractivity contribution in [1.29, 1.82) is 0 Å². The molecule has 0 aliphatic rings. The van der Waals surface area contributed by atoms with Crippen LogP contribution in [0.15, 0.2) is 36.7 Å². The Morgan fingerprint density at radius 3 is 2.75 bits per heavy atom. The molecule has 2 rings (SSSR count). The van der Waals surface area contributed by atoms with Gasteiger partial charge in [0.05, 0.1) is 5.56 Å². The van der Waals surface area contributed by atoms with Crippen LogP contribution in [0, 0.1) is 0 Å². The van der Waals surface area contributed by atoms with E-state index >= 15 is 0 Å². The summed E-state index contributed by atoms with van der Waals surface area (Å²) in [4.78, 5) is 18.8. The third-order valence-electron chi connectivity index (χ3n) is 3.19. The fraction of sp³-hybridized carbons (Fsp3) is 0.267. The molecule has 5 heteroatoms. The van der Waals surface area contributed by atoms with Crippen LogP contribution >= 0.6 is 11.6 Å². The summed E-state index contributed by atoms with van der Waals surface area (Å²) in [7, 11) is 0. The second kappa shape index (κ2) is 7.01. The minimum absolute atomic E-state index is 0.175. The van der Waals surface area contributed by atoms with Crippen LogP contribution in [0.2, 0.25) is 5.15 Å². The predicted molar refractivity (Wildman–Crippen MR) is 80.4 cm³/mol. The Kier molecular flexibility index (Phi) is 5.07. The third kappa shape index (κ3) is 3.54. The van der Waals surface area contributed by atoms with Gasteiger partial charge in [0.1, 0.15) is 17.3 Å². The van der Waals surface area contributed by atoms with E-state index in [-0.39, 0.29) is 5.15 Å². The SMILES string of the molecule is CC(CCNc1ncnc(Cl)c1C=O)c1ccccc1. The molecule has 0 aliphatic heterocycles. The number of hydrogen-bond acceptors (Lipinski definition) is 4. The standard InChI is InChI=1S/C15H16ClN3O/c1-11(12-5-3-2-4-6-12)7-8-17-15-13(9-20)14(16)18-10-19-15/h2-6,9-11H,7-8H2,1H3,(H,17,18,19). The number of hydrogen-bond donors (Lipinski definition) is 1. The van der Waals surface area contributed by atoms with Gasteiger partial charge in [-0.1, -0.05) is 48.9 Å². The number of carbonyl (C=O) groups excluding carboxylic acids is 1. The van der Waals surface area contributed by atoms with Crippen molar-refractivity contribution in [2.45, 2.75) is 19.3 Å². The van der Waals surface area contributed by atoms with Crippen LogP contribution in [-0.2, 0) is 0 Å². The van der Waals surface area contributed by atoms with Gasteiger partial charge >= 0.3 is 0 Å². The van der Waals surface area contributed by atoms with Crippen LogP contribution in [-0.4, -0.2) is 22.8 Å². The van der Waals surface area contributed by atoms with Gasteiger partial charge in [-0.05, 0) is 17.9 Å². The molecule has 0 radical (unpaired) electrons. The Hall–Kier alpha value is -1.94. The number of anilines is 1. The zero-order valence-electron chi connectivity index (χ0n) is 11.2. The summed E-state index contributed by atoms with van der Waals surface area (Å²) >= 11 is 5.84. The molecule has 0 bridgehead atoms. The minimum Gasteiger partial charge on any atom is -0.369 e. The highest BCUT2D eigenvalue weighted by molar-refractivity contribution is 6.32. The molecule has 1 aromatic heterocycles. The quantitative estimate of drug-likeness (QED) is 0.653. The summed E-state index contributed by atoms with van der Waals surface area (Å²) in [5.41, 5.74) is 1.60. The second-order valence-electron chi connectivity index (χ2n) is 4.57. The maximum Gasteiger partial charge on any atom is 0.156 e. The Balaban J connectivity index is 1.94. The third-order valence-corrected chi connectivity index (χ3v) is 3.49. The molecule has 1 unspecified atom stereocenters. The number of nitrogens with zero attached hydrogens (tertiary/aromatic N) is 2. The van der Waals surface area contributed by atoms with Crippen molar-refractivity contribution >= 4 is 23.7 Å². The first kappa shape index (κ1) is 14.5. The summed E-state index contributed by atoms with van der Waals surface area (Å²) in [6.07, 6.45) is 2.95. The number of rotatable bonds is 6. The molecule has 0 saturated carbocycles. The predicted octanol–water partition coefficient (Wildman–Crippen LogP) is 3.55. The smallest absolute Gasteiger partial charge is 0.156 e. The molecular weight excluding hydrogens is 274 g/mol. The Bertz CT molecular complexity index is 575. The summed E-state index contributed by atoms with van der Waals surface area (Å²) in [5.74, 6) is 0.918. The highest BCUT2D eigenvalue weighted by atomic mass is 35.5. The van der Waals surface area contributed by atoms with E-state index in [9.17, 15) is 4.79 Å². The fourth-order valence-corrected chi connectivity index (χ4v) is 2.15. The molecule has 0 fully saturated rings. The van der Waals surface area contributed by atoms with Crippen LogP contribution in [0.25, 0.3) is 0 Å². The molecule has 0 aliphatic carbocycles. The van der Waals surface area contributed by atoms with E-state index in [1.165, 1.54) is 11.9 Å². The summed E-state index contributed by atoms with van der Waals surface area (Å²) in [6, 6.07) is 10.3. The number of aromatic nitrogens is 2. The van der Waals surface area contributed by atoms with Gasteiger partial charge < -0.3 is 5.32 Å². The average Bonchev–Trinajstić information content (AvgIpc) is 2.48. The van der Waals surface area contributed by atoms with Crippen LogP contribution in [0.3, 0.4) is 0 Å².